The standard InChI is InChI=1S/C18H35N5O/c1-4-19-18(21-13-17(24)22-9-5-6-10-22)20-12-16(3)23-11-7-8-15(2)14-23/h15-16H,4-14H2,1-3H3,(H2,19,20,21). The van der Waals surface area contributed by atoms with Crippen molar-refractivity contribution in [1.82, 2.24) is 20.4 Å². The number of likely N-dealkylation sites (tertiary alicyclic amines) is 2. The van der Waals surface area contributed by atoms with Crippen LogP contribution in [0, 0.1) is 5.92 Å². The predicted molar refractivity (Wildman–Crippen MR) is 99.2 cm³/mol. The predicted octanol–water partition coefficient (Wildman–Crippen LogP) is 1.28. The summed E-state index contributed by atoms with van der Waals surface area (Å²) in [6, 6.07) is 0.478. The molecule has 138 valence electrons. The summed E-state index contributed by atoms with van der Waals surface area (Å²) in [7, 11) is 0. The normalized spacial score (nSPS) is 24.0. The highest BCUT2D eigenvalue weighted by Gasteiger charge is 2.21. The van der Waals surface area contributed by atoms with Crippen LogP contribution in [0.15, 0.2) is 4.99 Å². The third-order valence-electron chi connectivity index (χ3n) is 5.05. The van der Waals surface area contributed by atoms with Gasteiger partial charge in [0, 0.05) is 38.8 Å². The molecule has 2 atom stereocenters. The number of nitrogens with zero attached hydrogens (tertiary/aromatic N) is 3. The number of hydrogen-bond acceptors (Lipinski definition) is 3. The summed E-state index contributed by atoms with van der Waals surface area (Å²) in [4.78, 5) is 21.1. The summed E-state index contributed by atoms with van der Waals surface area (Å²) in [6.45, 7) is 12.7. The Morgan fingerprint density at radius 1 is 1.21 bits per heavy atom. The first-order valence-electron chi connectivity index (χ1n) is 9.64. The summed E-state index contributed by atoms with van der Waals surface area (Å²) in [5.74, 6) is 1.69. The fourth-order valence-corrected chi connectivity index (χ4v) is 3.55. The van der Waals surface area contributed by atoms with Gasteiger partial charge in [-0.05, 0) is 52.0 Å². The molecule has 0 aromatic carbocycles. The van der Waals surface area contributed by atoms with Gasteiger partial charge in [0.25, 0.3) is 0 Å². The fraction of sp³-hybridized carbons (Fsp3) is 0.889. The second-order valence-corrected chi connectivity index (χ2v) is 7.26. The zero-order valence-electron chi connectivity index (χ0n) is 15.7. The van der Waals surface area contributed by atoms with E-state index in [1.165, 1.54) is 25.9 Å². The molecular weight excluding hydrogens is 302 g/mol. The number of piperidine rings is 1. The molecule has 2 aliphatic heterocycles. The van der Waals surface area contributed by atoms with Gasteiger partial charge in [-0.3, -0.25) is 9.69 Å². The smallest absolute Gasteiger partial charge is 0.244 e. The van der Waals surface area contributed by atoms with Crippen LogP contribution in [-0.2, 0) is 4.79 Å². The van der Waals surface area contributed by atoms with Crippen LogP contribution < -0.4 is 10.6 Å². The van der Waals surface area contributed by atoms with Crippen molar-refractivity contribution in [3.63, 3.8) is 0 Å². The SMILES string of the molecule is CCNC(=NCC(=O)N1CCCC1)NCC(C)N1CCCC(C)C1. The first-order valence-corrected chi connectivity index (χ1v) is 9.64. The lowest BCUT2D eigenvalue weighted by Crippen LogP contribution is -2.48. The minimum atomic E-state index is 0.141. The van der Waals surface area contributed by atoms with E-state index in [4.69, 9.17) is 0 Å². The van der Waals surface area contributed by atoms with Gasteiger partial charge in [0.15, 0.2) is 5.96 Å². The number of nitrogens with one attached hydrogen (secondary N) is 2. The molecule has 1 amide bonds. The van der Waals surface area contributed by atoms with Gasteiger partial charge < -0.3 is 15.5 Å². The van der Waals surface area contributed by atoms with Crippen LogP contribution in [0.1, 0.15) is 46.5 Å². The van der Waals surface area contributed by atoms with Crippen LogP contribution in [0.4, 0.5) is 0 Å². The van der Waals surface area contributed by atoms with E-state index in [-0.39, 0.29) is 12.5 Å². The van der Waals surface area contributed by atoms with Crippen molar-refractivity contribution < 1.29 is 4.79 Å². The Morgan fingerprint density at radius 2 is 1.96 bits per heavy atom. The maximum atomic E-state index is 12.1. The quantitative estimate of drug-likeness (QED) is 0.566. The molecule has 0 saturated carbocycles. The average Bonchev–Trinajstić information content (AvgIpc) is 3.11. The Bertz CT molecular complexity index is 420. The first kappa shape index (κ1) is 19.0. The van der Waals surface area contributed by atoms with Crippen molar-refractivity contribution in [3.8, 4) is 0 Å². The van der Waals surface area contributed by atoms with Crippen molar-refractivity contribution in [2.24, 2.45) is 10.9 Å². The van der Waals surface area contributed by atoms with Gasteiger partial charge in [-0.1, -0.05) is 6.92 Å². The van der Waals surface area contributed by atoms with Gasteiger partial charge in [-0.2, -0.15) is 0 Å². The van der Waals surface area contributed by atoms with E-state index in [0.717, 1.165) is 50.9 Å². The fourth-order valence-electron chi connectivity index (χ4n) is 3.55. The Hall–Kier alpha value is -1.30. The van der Waals surface area contributed by atoms with Crippen LogP contribution in [0.5, 0.6) is 0 Å². The van der Waals surface area contributed by atoms with E-state index in [0.29, 0.717) is 6.04 Å². The van der Waals surface area contributed by atoms with Crippen molar-refractivity contribution >= 4 is 11.9 Å². The van der Waals surface area contributed by atoms with Crippen LogP contribution in [-0.4, -0.2) is 73.5 Å². The van der Waals surface area contributed by atoms with Crippen molar-refractivity contribution in [2.75, 3.05) is 45.8 Å². The molecule has 0 radical (unpaired) electrons. The Labute approximate surface area is 147 Å². The largest absolute Gasteiger partial charge is 0.357 e. The van der Waals surface area contributed by atoms with E-state index in [9.17, 15) is 4.79 Å². The number of aliphatic imine (C=N–C) groups is 1. The number of guanidine groups is 1. The summed E-state index contributed by atoms with van der Waals surface area (Å²) in [5, 5.41) is 6.65. The van der Waals surface area contributed by atoms with Crippen molar-refractivity contribution in [1.29, 1.82) is 0 Å². The number of carbonyl (C=O) groups is 1. The highest BCUT2D eigenvalue weighted by atomic mass is 16.2. The lowest BCUT2D eigenvalue weighted by Gasteiger charge is -2.35. The lowest BCUT2D eigenvalue weighted by molar-refractivity contribution is -0.128. The van der Waals surface area contributed by atoms with E-state index < -0.39 is 0 Å². The van der Waals surface area contributed by atoms with Crippen LogP contribution in [0.3, 0.4) is 0 Å². The Kier molecular flexibility index (Phi) is 7.82. The zero-order valence-corrected chi connectivity index (χ0v) is 15.7. The molecule has 24 heavy (non-hydrogen) atoms. The van der Waals surface area contributed by atoms with E-state index >= 15 is 0 Å². The molecule has 2 heterocycles. The molecule has 2 aliphatic rings. The number of rotatable bonds is 6. The summed E-state index contributed by atoms with van der Waals surface area (Å²) in [5.41, 5.74) is 0. The zero-order chi connectivity index (χ0) is 17.4. The summed E-state index contributed by atoms with van der Waals surface area (Å²) < 4.78 is 0. The highest BCUT2D eigenvalue weighted by molar-refractivity contribution is 5.85. The number of hydrogen-bond donors (Lipinski definition) is 2. The van der Waals surface area contributed by atoms with Gasteiger partial charge in [0.1, 0.15) is 6.54 Å². The van der Waals surface area contributed by atoms with Gasteiger partial charge in [-0.15, -0.1) is 0 Å². The average molecular weight is 338 g/mol. The maximum absolute atomic E-state index is 12.1. The van der Waals surface area contributed by atoms with Gasteiger partial charge >= 0.3 is 0 Å². The van der Waals surface area contributed by atoms with Gasteiger partial charge in [0.2, 0.25) is 5.91 Å². The lowest BCUT2D eigenvalue weighted by atomic mass is 9.99. The van der Waals surface area contributed by atoms with Gasteiger partial charge in [0.05, 0.1) is 0 Å². The van der Waals surface area contributed by atoms with Crippen LogP contribution in [0.25, 0.3) is 0 Å². The molecule has 6 nitrogen and oxygen atoms in total. The Morgan fingerprint density at radius 3 is 2.62 bits per heavy atom. The molecule has 0 bridgehead atoms. The monoisotopic (exact) mass is 337 g/mol. The van der Waals surface area contributed by atoms with E-state index in [2.05, 4.69) is 41.3 Å². The summed E-state index contributed by atoms with van der Waals surface area (Å²) >= 11 is 0. The molecule has 2 rings (SSSR count). The highest BCUT2D eigenvalue weighted by Crippen LogP contribution is 2.17. The summed E-state index contributed by atoms with van der Waals surface area (Å²) in [6.07, 6.45) is 4.89. The number of amides is 1. The Balaban J connectivity index is 1.78. The molecular formula is C18H35N5O. The van der Waals surface area contributed by atoms with Crippen molar-refractivity contribution in [2.45, 2.75) is 52.5 Å². The third-order valence-corrected chi connectivity index (χ3v) is 5.05. The van der Waals surface area contributed by atoms with E-state index in [1.807, 2.05) is 4.90 Å². The van der Waals surface area contributed by atoms with Gasteiger partial charge in [-0.25, -0.2) is 4.99 Å². The second kappa shape index (κ2) is 9.87. The van der Waals surface area contributed by atoms with Crippen LogP contribution in [0.2, 0.25) is 0 Å². The molecule has 6 heteroatoms. The minimum Gasteiger partial charge on any atom is -0.357 e. The second-order valence-electron chi connectivity index (χ2n) is 7.26. The molecule has 0 aromatic heterocycles. The molecule has 2 unspecified atom stereocenters. The molecule has 0 aliphatic carbocycles. The molecule has 2 fully saturated rings. The minimum absolute atomic E-state index is 0.141. The maximum Gasteiger partial charge on any atom is 0.244 e. The molecule has 0 spiro atoms. The van der Waals surface area contributed by atoms with Crippen molar-refractivity contribution in [3.05, 3.63) is 0 Å². The first-order chi connectivity index (χ1) is 11.6. The van der Waals surface area contributed by atoms with E-state index in [1.54, 1.807) is 0 Å². The molecule has 2 saturated heterocycles. The molecule has 2 N–H and O–H groups in total. The van der Waals surface area contributed by atoms with Crippen LogP contribution >= 0.6 is 0 Å². The topological polar surface area (TPSA) is 60.0 Å². The third kappa shape index (κ3) is 5.96. The molecule has 0 aromatic rings. The number of carbonyl (C=O) groups excluding carboxylic acids is 1.